The van der Waals surface area contributed by atoms with Crippen LogP contribution in [-0.2, 0) is 9.53 Å². The summed E-state index contributed by atoms with van der Waals surface area (Å²) in [6.45, 7) is 4.03. The smallest absolute Gasteiger partial charge is 0.330 e. The zero-order valence-corrected chi connectivity index (χ0v) is 9.36. The molecule has 0 saturated heterocycles. The zero-order valence-electron chi connectivity index (χ0n) is 9.36. The topological polar surface area (TPSA) is 50.1 Å². The van der Waals surface area contributed by atoms with Crippen LogP contribution in [0.2, 0.25) is 0 Å². The average molecular weight is 215 g/mol. The van der Waals surface area contributed by atoms with Gasteiger partial charge in [0.05, 0.1) is 18.2 Å². The SMILES string of the molecule is CCOC(=O)C=Cc1ccc(C#N)cc1C. The zero-order chi connectivity index (χ0) is 12.0. The van der Waals surface area contributed by atoms with Gasteiger partial charge in [-0.05, 0) is 43.2 Å². The molecule has 16 heavy (non-hydrogen) atoms. The van der Waals surface area contributed by atoms with Crippen LogP contribution in [0.4, 0.5) is 0 Å². The first kappa shape index (κ1) is 12.0. The molecule has 0 spiro atoms. The van der Waals surface area contributed by atoms with Crippen molar-refractivity contribution in [1.82, 2.24) is 0 Å². The van der Waals surface area contributed by atoms with E-state index in [1.807, 2.05) is 13.0 Å². The number of rotatable bonds is 3. The lowest BCUT2D eigenvalue weighted by Gasteiger charge is -2.00. The highest BCUT2D eigenvalue weighted by Gasteiger charge is 1.98. The minimum absolute atomic E-state index is 0.355. The first-order valence-electron chi connectivity index (χ1n) is 5.03. The maximum absolute atomic E-state index is 11.1. The lowest BCUT2D eigenvalue weighted by Crippen LogP contribution is -1.98. The number of hydrogen-bond donors (Lipinski definition) is 0. The van der Waals surface area contributed by atoms with Gasteiger partial charge >= 0.3 is 5.97 Å². The van der Waals surface area contributed by atoms with Crippen molar-refractivity contribution in [3.05, 3.63) is 41.0 Å². The summed E-state index contributed by atoms with van der Waals surface area (Å²) in [7, 11) is 0. The summed E-state index contributed by atoms with van der Waals surface area (Å²) in [5.41, 5.74) is 2.48. The summed E-state index contributed by atoms with van der Waals surface area (Å²) in [6.07, 6.45) is 3.08. The third-order valence-corrected chi connectivity index (χ3v) is 2.08. The van der Waals surface area contributed by atoms with Gasteiger partial charge in [-0.15, -0.1) is 0 Å². The fraction of sp³-hybridized carbons (Fsp3) is 0.231. The van der Waals surface area contributed by atoms with Crippen molar-refractivity contribution >= 4 is 12.0 Å². The molecule has 1 rings (SSSR count). The second kappa shape index (κ2) is 5.72. The Bertz CT molecular complexity index is 455. The Morgan fingerprint density at radius 3 is 2.88 bits per heavy atom. The molecule has 0 aliphatic rings. The minimum atomic E-state index is -0.355. The highest BCUT2D eigenvalue weighted by Crippen LogP contribution is 2.12. The molecule has 0 aliphatic carbocycles. The van der Waals surface area contributed by atoms with Crippen molar-refractivity contribution in [1.29, 1.82) is 5.26 Å². The lowest BCUT2D eigenvalue weighted by molar-refractivity contribution is -0.137. The molecular formula is C13H13NO2. The second-order valence-electron chi connectivity index (χ2n) is 3.27. The Kier molecular flexibility index (Phi) is 4.28. The molecule has 0 radical (unpaired) electrons. The molecule has 0 aromatic heterocycles. The molecule has 3 heteroatoms. The van der Waals surface area contributed by atoms with Crippen LogP contribution < -0.4 is 0 Å². The summed E-state index contributed by atoms with van der Waals surface area (Å²) in [4.78, 5) is 11.1. The molecule has 0 unspecified atom stereocenters. The molecule has 82 valence electrons. The molecule has 0 N–H and O–H groups in total. The van der Waals surface area contributed by atoms with E-state index in [0.717, 1.165) is 11.1 Å². The number of nitriles is 1. The summed E-state index contributed by atoms with van der Waals surface area (Å²) in [6, 6.07) is 7.38. The van der Waals surface area contributed by atoms with Crippen LogP contribution in [0.15, 0.2) is 24.3 Å². The van der Waals surface area contributed by atoms with E-state index in [-0.39, 0.29) is 5.97 Å². The molecule has 0 saturated carbocycles. The van der Waals surface area contributed by atoms with Crippen LogP contribution in [0.3, 0.4) is 0 Å². The Morgan fingerprint density at radius 2 is 2.31 bits per heavy atom. The van der Waals surface area contributed by atoms with E-state index in [0.29, 0.717) is 12.2 Å². The molecule has 0 atom stereocenters. The standard InChI is InChI=1S/C13H13NO2/c1-3-16-13(15)7-6-12-5-4-11(9-14)8-10(12)2/h4-8H,3H2,1-2H3. The number of hydrogen-bond acceptors (Lipinski definition) is 3. The van der Waals surface area contributed by atoms with Gasteiger partial charge in [0.15, 0.2) is 0 Å². The van der Waals surface area contributed by atoms with E-state index in [2.05, 4.69) is 6.07 Å². The van der Waals surface area contributed by atoms with Gasteiger partial charge < -0.3 is 4.74 Å². The van der Waals surface area contributed by atoms with Crippen molar-refractivity contribution in [3.8, 4) is 6.07 Å². The summed E-state index contributed by atoms with van der Waals surface area (Å²) in [5.74, 6) is -0.355. The predicted octanol–water partition coefficient (Wildman–Crippen LogP) is 2.44. The molecule has 0 fully saturated rings. The van der Waals surface area contributed by atoms with E-state index in [1.165, 1.54) is 6.08 Å². The van der Waals surface area contributed by atoms with Crippen LogP contribution in [0.25, 0.3) is 6.08 Å². The van der Waals surface area contributed by atoms with Gasteiger partial charge in [0.25, 0.3) is 0 Å². The highest BCUT2D eigenvalue weighted by molar-refractivity contribution is 5.87. The maximum atomic E-state index is 11.1. The van der Waals surface area contributed by atoms with Crippen molar-refractivity contribution in [3.63, 3.8) is 0 Å². The Balaban J connectivity index is 2.83. The number of ether oxygens (including phenoxy) is 1. The number of nitrogens with zero attached hydrogens (tertiary/aromatic N) is 1. The van der Waals surface area contributed by atoms with Crippen LogP contribution in [0, 0.1) is 18.3 Å². The predicted molar refractivity (Wildman–Crippen MR) is 61.6 cm³/mol. The van der Waals surface area contributed by atoms with Gasteiger partial charge in [-0.1, -0.05) is 6.07 Å². The molecule has 0 heterocycles. The normalized spacial score (nSPS) is 10.1. The minimum Gasteiger partial charge on any atom is -0.463 e. The highest BCUT2D eigenvalue weighted by atomic mass is 16.5. The number of carbonyl (C=O) groups excluding carboxylic acids is 1. The molecule has 0 aliphatic heterocycles. The van der Waals surface area contributed by atoms with Gasteiger partial charge in [-0.25, -0.2) is 4.79 Å². The summed E-state index contributed by atoms with van der Waals surface area (Å²) in [5, 5.41) is 8.70. The third kappa shape index (κ3) is 3.25. The van der Waals surface area contributed by atoms with E-state index >= 15 is 0 Å². The summed E-state index contributed by atoms with van der Waals surface area (Å²) >= 11 is 0. The number of benzene rings is 1. The van der Waals surface area contributed by atoms with Gasteiger partial charge in [0.2, 0.25) is 0 Å². The van der Waals surface area contributed by atoms with Gasteiger partial charge in [-0.2, -0.15) is 5.26 Å². The number of esters is 1. The quantitative estimate of drug-likeness (QED) is 0.574. The Morgan fingerprint density at radius 1 is 1.56 bits per heavy atom. The van der Waals surface area contributed by atoms with Gasteiger partial charge in [0.1, 0.15) is 0 Å². The van der Waals surface area contributed by atoms with Gasteiger partial charge in [0, 0.05) is 6.08 Å². The maximum Gasteiger partial charge on any atom is 0.330 e. The largest absolute Gasteiger partial charge is 0.463 e. The first-order chi connectivity index (χ1) is 7.67. The molecule has 0 bridgehead atoms. The van der Waals surface area contributed by atoms with Crippen LogP contribution >= 0.6 is 0 Å². The van der Waals surface area contributed by atoms with E-state index < -0.39 is 0 Å². The fourth-order valence-electron chi connectivity index (χ4n) is 1.28. The van der Waals surface area contributed by atoms with E-state index in [4.69, 9.17) is 10.00 Å². The van der Waals surface area contributed by atoms with Crippen LogP contribution in [0.5, 0.6) is 0 Å². The Labute approximate surface area is 95.0 Å². The number of aryl methyl sites for hydroxylation is 1. The van der Waals surface area contributed by atoms with Crippen molar-refractivity contribution in [2.45, 2.75) is 13.8 Å². The van der Waals surface area contributed by atoms with Crippen molar-refractivity contribution < 1.29 is 9.53 Å². The van der Waals surface area contributed by atoms with E-state index in [1.54, 1.807) is 25.1 Å². The van der Waals surface area contributed by atoms with E-state index in [9.17, 15) is 4.79 Å². The van der Waals surface area contributed by atoms with Gasteiger partial charge in [-0.3, -0.25) is 0 Å². The Hall–Kier alpha value is -2.08. The molecule has 1 aromatic carbocycles. The lowest BCUT2D eigenvalue weighted by atomic mass is 10.1. The summed E-state index contributed by atoms with van der Waals surface area (Å²) < 4.78 is 4.77. The molecule has 0 amide bonds. The average Bonchev–Trinajstić information content (AvgIpc) is 2.27. The van der Waals surface area contributed by atoms with Crippen molar-refractivity contribution in [2.75, 3.05) is 6.61 Å². The number of carbonyl (C=O) groups is 1. The monoisotopic (exact) mass is 215 g/mol. The fourth-order valence-corrected chi connectivity index (χ4v) is 1.28. The molecule has 3 nitrogen and oxygen atoms in total. The molecular weight excluding hydrogens is 202 g/mol. The molecule has 1 aromatic rings. The third-order valence-electron chi connectivity index (χ3n) is 2.08. The first-order valence-corrected chi connectivity index (χ1v) is 5.03. The second-order valence-corrected chi connectivity index (χ2v) is 3.27. The van der Waals surface area contributed by atoms with Crippen molar-refractivity contribution in [2.24, 2.45) is 0 Å². The van der Waals surface area contributed by atoms with Crippen LogP contribution in [0.1, 0.15) is 23.6 Å². The van der Waals surface area contributed by atoms with Crippen LogP contribution in [-0.4, -0.2) is 12.6 Å².